The fourth-order valence-corrected chi connectivity index (χ4v) is 2.09. The van der Waals surface area contributed by atoms with Gasteiger partial charge in [-0.05, 0) is 19.8 Å². The predicted molar refractivity (Wildman–Crippen MR) is 64.6 cm³/mol. The Morgan fingerprint density at radius 1 is 1.23 bits per heavy atom. The molecule has 0 amide bonds. The Hall–Kier alpha value is 0.310. The van der Waals surface area contributed by atoms with E-state index in [2.05, 4.69) is 44.8 Å². The van der Waals surface area contributed by atoms with E-state index in [1.54, 1.807) is 0 Å². The van der Waals surface area contributed by atoms with Crippen LogP contribution in [0, 0.1) is 0 Å². The highest BCUT2D eigenvalue weighted by atomic mass is 32.2. The van der Waals surface area contributed by atoms with Gasteiger partial charge in [0.05, 0.1) is 0 Å². The summed E-state index contributed by atoms with van der Waals surface area (Å²) in [6.45, 7) is 10.2. The fraction of sp³-hybridized carbons (Fsp3) is 1.00. The van der Waals surface area contributed by atoms with Gasteiger partial charge in [0.2, 0.25) is 0 Å². The van der Waals surface area contributed by atoms with Crippen LogP contribution >= 0.6 is 11.8 Å². The van der Waals surface area contributed by atoms with Gasteiger partial charge in [0.1, 0.15) is 0 Å². The largest absolute Gasteiger partial charge is 0.313 e. The summed E-state index contributed by atoms with van der Waals surface area (Å²) < 4.78 is 0. The zero-order valence-electron chi connectivity index (χ0n) is 9.60. The van der Waals surface area contributed by atoms with Crippen LogP contribution in [0.5, 0.6) is 0 Å². The number of thioether (sulfide) groups is 1. The van der Waals surface area contributed by atoms with Crippen LogP contribution in [0.1, 0.15) is 47.0 Å². The van der Waals surface area contributed by atoms with Gasteiger partial charge in [-0.3, -0.25) is 0 Å². The van der Waals surface area contributed by atoms with Gasteiger partial charge in [0.25, 0.3) is 0 Å². The van der Waals surface area contributed by atoms with Crippen molar-refractivity contribution in [1.29, 1.82) is 0 Å². The van der Waals surface area contributed by atoms with Gasteiger partial charge >= 0.3 is 0 Å². The molecule has 0 bridgehead atoms. The molecule has 2 heteroatoms. The standard InChI is InChI=1S/C11H25NS/c1-5-7-10(3)12-8-9-13-11(4)6-2/h10-12H,5-9H2,1-4H3. The van der Waals surface area contributed by atoms with Crippen molar-refractivity contribution >= 4 is 11.8 Å². The van der Waals surface area contributed by atoms with Crippen molar-refractivity contribution in [2.24, 2.45) is 0 Å². The molecular formula is C11H25NS. The molecule has 0 heterocycles. The van der Waals surface area contributed by atoms with Crippen molar-refractivity contribution in [1.82, 2.24) is 5.32 Å². The summed E-state index contributed by atoms with van der Waals surface area (Å²) in [7, 11) is 0. The normalized spacial score (nSPS) is 15.7. The molecule has 0 radical (unpaired) electrons. The first kappa shape index (κ1) is 13.3. The minimum Gasteiger partial charge on any atom is -0.313 e. The molecule has 0 saturated carbocycles. The summed E-state index contributed by atoms with van der Waals surface area (Å²) in [5.74, 6) is 1.25. The molecule has 0 fully saturated rings. The lowest BCUT2D eigenvalue weighted by atomic mass is 10.2. The molecule has 13 heavy (non-hydrogen) atoms. The highest BCUT2D eigenvalue weighted by Gasteiger charge is 2.00. The van der Waals surface area contributed by atoms with Crippen LogP contribution in [-0.2, 0) is 0 Å². The van der Waals surface area contributed by atoms with E-state index in [4.69, 9.17) is 0 Å². The van der Waals surface area contributed by atoms with Crippen molar-refractivity contribution in [3.63, 3.8) is 0 Å². The topological polar surface area (TPSA) is 12.0 Å². The quantitative estimate of drug-likeness (QED) is 0.608. The van der Waals surface area contributed by atoms with E-state index in [0.717, 1.165) is 11.8 Å². The molecule has 0 rings (SSSR count). The Balaban J connectivity index is 3.15. The van der Waals surface area contributed by atoms with Crippen LogP contribution in [0.4, 0.5) is 0 Å². The zero-order valence-corrected chi connectivity index (χ0v) is 10.4. The molecule has 2 unspecified atom stereocenters. The second-order valence-electron chi connectivity index (χ2n) is 3.73. The SMILES string of the molecule is CCCC(C)NCCSC(C)CC. The Bertz CT molecular complexity index is 106. The fourth-order valence-electron chi connectivity index (χ4n) is 1.22. The van der Waals surface area contributed by atoms with Crippen LogP contribution in [0.25, 0.3) is 0 Å². The molecule has 80 valence electrons. The highest BCUT2D eigenvalue weighted by molar-refractivity contribution is 7.99. The number of hydrogen-bond acceptors (Lipinski definition) is 2. The average molecular weight is 203 g/mol. The Morgan fingerprint density at radius 2 is 1.92 bits per heavy atom. The zero-order chi connectivity index (χ0) is 10.1. The van der Waals surface area contributed by atoms with Crippen molar-refractivity contribution in [2.75, 3.05) is 12.3 Å². The van der Waals surface area contributed by atoms with Gasteiger partial charge in [0.15, 0.2) is 0 Å². The molecular weight excluding hydrogens is 178 g/mol. The van der Waals surface area contributed by atoms with Gasteiger partial charge in [-0.1, -0.05) is 27.2 Å². The lowest BCUT2D eigenvalue weighted by molar-refractivity contribution is 0.526. The Labute approximate surface area is 88.1 Å². The second-order valence-corrected chi connectivity index (χ2v) is 5.28. The molecule has 0 aromatic heterocycles. The lowest BCUT2D eigenvalue weighted by Gasteiger charge is -2.13. The monoisotopic (exact) mass is 203 g/mol. The van der Waals surface area contributed by atoms with Crippen molar-refractivity contribution in [3.8, 4) is 0 Å². The van der Waals surface area contributed by atoms with E-state index in [0.29, 0.717) is 6.04 Å². The maximum Gasteiger partial charge on any atom is 0.00608 e. The Morgan fingerprint density at radius 3 is 2.46 bits per heavy atom. The molecule has 0 aromatic carbocycles. The second kappa shape index (κ2) is 8.89. The average Bonchev–Trinajstić information content (AvgIpc) is 2.12. The van der Waals surface area contributed by atoms with E-state index in [1.807, 2.05) is 0 Å². The van der Waals surface area contributed by atoms with Crippen LogP contribution in [0.3, 0.4) is 0 Å². The number of rotatable bonds is 8. The van der Waals surface area contributed by atoms with E-state index in [9.17, 15) is 0 Å². The van der Waals surface area contributed by atoms with E-state index in [1.165, 1.54) is 25.0 Å². The summed E-state index contributed by atoms with van der Waals surface area (Å²) in [6.07, 6.45) is 3.87. The van der Waals surface area contributed by atoms with Crippen LogP contribution in [0.15, 0.2) is 0 Å². The number of nitrogens with one attached hydrogen (secondary N) is 1. The molecule has 0 aliphatic rings. The summed E-state index contributed by atoms with van der Waals surface area (Å²) in [6, 6.07) is 0.697. The summed E-state index contributed by atoms with van der Waals surface area (Å²) in [4.78, 5) is 0. The molecule has 0 aliphatic heterocycles. The molecule has 0 aromatic rings. The van der Waals surface area contributed by atoms with E-state index >= 15 is 0 Å². The molecule has 0 spiro atoms. The number of hydrogen-bond donors (Lipinski definition) is 1. The van der Waals surface area contributed by atoms with Gasteiger partial charge in [0, 0.05) is 23.6 Å². The first-order valence-electron chi connectivity index (χ1n) is 5.55. The van der Waals surface area contributed by atoms with Gasteiger partial charge in [-0.15, -0.1) is 0 Å². The summed E-state index contributed by atoms with van der Waals surface area (Å²) in [5, 5.41) is 4.36. The smallest absolute Gasteiger partial charge is 0.00608 e. The van der Waals surface area contributed by atoms with Gasteiger partial charge in [-0.25, -0.2) is 0 Å². The molecule has 0 saturated heterocycles. The molecule has 1 N–H and O–H groups in total. The highest BCUT2D eigenvalue weighted by Crippen LogP contribution is 2.12. The van der Waals surface area contributed by atoms with E-state index in [-0.39, 0.29) is 0 Å². The van der Waals surface area contributed by atoms with Crippen LogP contribution < -0.4 is 5.32 Å². The van der Waals surface area contributed by atoms with Crippen molar-refractivity contribution < 1.29 is 0 Å². The van der Waals surface area contributed by atoms with Gasteiger partial charge in [-0.2, -0.15) is 11.8 Å². The third kappa shape index (κ3) is 8.63. The third-order valence-electron chi connectivity index (χ3n) is 2.29. The van der Waals surface area contributed by atoms with E-state index < -0.39 is 0 Å². The maximum atomic E-state index is 3.54. The maximum absolute atomic E-state index is 3.54. The van der Waals surface area contributed by atoms with Crippen molar-refractivity contribution in [2.45, 2.75) is 58.2 Å². The Kier molecular flexibility index (Phi) is 9.10. The lowest BCUT2D eigenvalue weighted by Crippen LogP contribution is -2.28. The summed E-state index contributed by atoms with van der Waals surface area (Å²) in [5.41, 5.74) is 0. The minimum atomic E-state index is 0.697. The third-order valence-corrected chi connectivity index (χ3v) is 3.64. The first-order chi connectivity index (χ1) is 6.20. The minimum absolute atomic E-state index is 0.697. The molecule has 0 aliphatic carbocycles. The van der Waals surface area contributed by atoms with Crippen molar-refractivity contribution in [3.05, 3.63) is 0 Å². The predicted octanol–water partition coefficient (Wildman–Crippen LogP) is 3.30. The van der Waals surface area contributed by atoms with Crippen LogP contribution in [0.2, 0.25) is 0 Å². The van der Waals surface area contributed by atoms with Gasteiger partial charge < -0.3 is 5.32 Å². The molecule has 2 atom stereocenters. The molecule has 1 nitrogen and oxygen atoms in total. The first-order valence-corrected chi connectivity index (χ1v) is 6.60. The van der Waals surface area contributed by atoms with Crippen LogP contribution in [-0.4, -0.2) is 23.6 Å². The summed E-state index contributed by atoms with van der Waals surface area (Å²) >= 11 is 2.07.